The topological polar surface area (TPSA) is 88.3 Å². The van der Waals surface area contributed by atoms with Gasteiger partial charge in [0.05, 0.1) is 5.70 Å². The SMILES string of the molecule is Cc1c(/C=C2/NC(=O)C(C)(C)C2=O)[nH]c(C(=O)OC(C)(C)C)c1C. The summed E-state index contributed by atoms with van der Waals surface area (Å²) in [6, 6.07) is 0. The van der Waals surface area contributed by atoms with Gasteiger partial charge in [-0.2, -0.15) is 0 Å². The molecule has 0 unspecified atom stereocenters. The van der Waals surface area contributed by atoms with Gasteiger partial charge in [-0.25, -0.2) is 4.79 Å². The Morgan fingerprint density at radius 2 is 1.71 bits per heavy atom. The number of hydrogen-bond donors (Lipinski definition) is 2. The molecule has 130 valence electrons. The van der Waals surface area contributed by atoms with Crippen molar-refractivity contribution in [3.63, 3.8) is 0 Å². The molecule has 0 atom stereocenters. The van der Waals surface area contributed by atoms with Crippen molar-refractivity contribution >= 4 is 23.7 Å². The third-order valence-electron chi connectivity index (χ3n) is 4.12. The van der Waals surface area contributed by atoms with Gasteiger partial charge in [0.2, 0.25) is 5.91 Å². The van der Waals surface area contributed by atoms with Gasteiger partial charge in [0.1, 0.15) is 16.7 Å². The molecule has 0 saturated carbocycles. The van der Waals surface area contributed by atoms with E-state index in [1.807, 2.05) is 13.8 Å². The van der Waals surface area contributed by atoms with Crippen molar-refractivity contribution in [1.29, 1.82) is 0 Å². The molecule has 6 nitrogen and oxygen atoms in total. The molecule has 1 saturated heterocycles. The standard InChI is InChI=1S/C18H24N2O4/c1-9-10(2)13(15(22)24-17(3,4)5)19-11(9)8-12-14(21)18(6,7)16(23)20-12/h8,19H,1-7H3,(H,20,23)/b12-8+. The number of ketones is 1. The lowest BCUT2D eigenvalue weighted by Crippen LogP contribution is -2.28. The van der Waals surface area contributed by atoms with Gasteiger partial charge >= 0.3 is 5.97 Å². The summed E-state index contributed by atoms with van der Waals surface area (Å²) >= 11 is 0. The van der Waals surface area contributed by atoms with Crippen LogP contribution < -0.4 is 5.32 Å². The van der Waals surface area contributed by atoms with Crippen LogP contribution in [0.5, 0.6) is 0 Å². The zero-order valence-corrected chi connectivity index (χ0v) is 15.2. The molecule has 0 radical (unpaired) electrons. The number of esters is 1. The largest absolute Gasteiger partial charge is 0.455 e. The summed E-state index contributed by atoms with van der Waals surface area (Å²) in [4.78, 5) is 39.5. The number of rotatable bonds is 2. The lowest BCUT2D eigenvalue weighted by Gasteiger charge is -2.19. The molecule has 0 spiro atoms. The molecule has 1 amide bonds. The average Bonchev–Trinajstić information content (AvgIpc) is 2.81. The molecule has 2 rings (SSSR count). The number of aromatic amines is 1. The van der Waals surface area contributed by atoms with Gasteiger partial charge in [-0.05, 0) is 65.7 Å². The van der Waals surface area contributed by atoms with Crippen LogP contribution in [0.2, 0.25) is 0 Å². The number of amides is 1. The Hall–Kier alpha value is -2.37. The van der Waals surface area contributed by atoms with Crippen LogP contribution in [-0.4, -0.2) is 28.2 Å². The molecule has 0 aromatic carbocycles. The molecule has 1 fully saturated rings. The fourth-order valence-electron chi connectivity index (χ4n) is 2.41. The van der Waals surface area contributed by atoms with E-state index in [0.29, 0.717) is 11.4 Å². The lowest BCUT2D eigenvalue weighted by molar-refractivity contribution is -0.132. The van der Waals surface area contributed by atoms with E-state index in [0.717, 1.165) is 11.1 Å². The first-order valence-corrected chi connectivity index (χ1v) is 7.85. The van der Waals surface area contributed by atoms with Crippen molar-refractivity contribution in [2.24, 2.45) is 5.41 Å². The van der Waals surface area contributed by atoms with Crippen molar-refractivity contribution in [1.82, 2.24) is 10.3 Å². The highest BCUT2D eigenvalue weighted by molar-refractivity contribution is 6.22. The Morgan fingerprint density at radius 1 is 1.12 bits per heavy atom. The molecule has 1 aliphatic rings. The van der Waals surface area contributed by atoms with Gasteiger partial charge in [0.15, 0.2) is 5.78 Å². The van der Waals surface area contributed by atoms with Crippen LogP contribution in [0.25, 0.3) is 6.08 Å². The Balaban J connectivity index is 2.39. The van der Waals surface area contributed by atoms with Crippen LogP contribution in [0.1, 0.15) is 61.9 Å². The minimum Gasteiger partial charge on any atom is -0.455 e. The first kappa shape index (κ1) is 18.0. The van der Waals surface area contributed by atoms with E-state index in [1.54, 1.807) is 40.7 Å². The molecule has 2 heterocycles. The van der Waals surface area contributed by atoms with Gasteiger partial charge in [0, 0.05) is 5.69 Å². The summed E-state index contributed by atoms with van der Waals surface area (Å²) in [6.45, 7) is 12.2. The van der Waals surface area contributed by atoms with E-state index >= 15 is 0 Å². The third-order valence-corrected chi connectivity index (χ3v) is 4.12. The number of carbonyl (C=O) groups is 3. The second-order valence-electron chi connectivity index (χ2n) is 7.63. The highest BCUT2D eigenvalue weighted by atomic mass is 16.6. The Morgan fingerprint density at radius 3 is 2.17 bits per heavy atom. The van der Waals surface area contributed by atoms with Gasteiger partial charge in [-0.3, -0.25) is 9.59 Å². The Bertz CT molecular complexity index is 761. The minimum absolute atomic E-state index is 0.227. The molecule has 0 bridgehead atoms. The molecular formula is C18H24N2O4. The van der Waals surface area contributed by atoms with Crippen molar-refractivity contribution in [3.05, 3.63) is 28.2 Å². The minimum atomic E-state index is -1.07. The maximum atomic E-state index is 12.3. The second-order valence-corrected chi connectivity index (χ2v) is 7.63. The van der Waals surface area contributed by atoms with Gasteiger partial charge < -0.3 is 15.0 Å². The maximum Gasteiger partial charge on any atom is 0.355 e. The van der Waals surface area contributed by atoms with Crippen LogP contribution in [0, 0.1) is 19.3 Å². The predicted octanol–water partition coefficient (Wildman–Crippen LogP) is 2.65. The van der Waals surface area contributed by atoms with E-state index in [1.165, 1.54) is 0 Å². The zero-order valence-electron chi connectivity index (χ0n) is 15.2. The Kier molecular flexibility index (Phi) is 4.20. The summed E-state index contributed by atoms with van der Waals surface area (Å²) in [5.41, 5.74) is 1.10. The van der Waals surface area contributed by atoms with E-state index < -0.39 is 17.0 Å². The zero-order chi connectivity index (χ0) is 18.4. The number of H-pyrrole nitrogens is 1. The smallest absolute Gasteiger partial charge is 0.355 e. The monoisotopic (exact) mass is 332 g/mol. The van der Waals surface area contributed by atoms with Gasteiger partial charge in [-0.1, -0.05) is 0 Å². The van der Waals surface area contributed by atoms with E-state index in [9.17, 15) is 14.4 Å². The molecular weight excluding hydrogens is 308 g/mol. The highest BCUT2D eigenvalue weighted by Gasteiger charge is 2.44. The molecule has 2 N–H and O–H groups in total. The lowest BCUT2D eigenvalue weighted by atomic mass is 9.89. The van der Waals surface area contributed by atoms with Gasteiger partial charge in [0.25, 0.3) is 0 Å². The first-order valence-electron chi connectivity index (χ1n) is 7.85. The van der Waals surface area contributed by atoms with E-state index in [2.05, 4.69) is 10.3 Å². The molecule has 1 aromatic rings. The van der Waals surface area contributed by atoms with Crippen LogP contribution in [0.15, 0.2) is 5.70 Å². The summed E-state index contributed by atoms with van der Waals surface area (Å²) in [5.74, 6) is -1.04. The Labute approximate surface area is 141 Å². The number of hydrogen-bond acceptors (Lipinski definition) is 4. The fourth-order valence-corrected chi connectivity index (χ4v) is 2.41. The third kappa shape index (κ3) is 3.13. The van der Waals surface area contributed by atoms with Crippen molar-refractivity contribution in [3.8, 4) is 0 Å². The van der Waals surface area contributed by atoms with E-state index in [-0.39, 0.29) is 17.4 Å². The van der Waals surface area contributed by atoms with Crippen LogP contribution in [0.4, 0.5) is 0 Å². The summed E-state index contributed by atoms with van der Waals surface area (Å²) < 4.78 is 5.39. The van der Waals surface area contributed by atoms with Gasteiger partial charge in [-0.15, -0.1) is 0 Å². The number of nitrogens with one attached hydrogen (secondary N) is 2. The fraction of sp³-hybridized carbons (Fsp3) is 0.500. The number of carbonyl (C=O) groups excluding carboxylic acids is 3. The van der Waals surface area contributed by atoms with Crippen molar-refractivity contribution in [2.45, 2.75) is 54.1 Å². The first-order chi connectivity index (χ1) is 10.8. The van der Waals surface area contributed by atoms with Crippen LogP contribution in [0.3, 0.4) is 0 Å². The molecule has 6 heteroatoms. The predicted molar refractivity (Wildman–Crippen MR) is 90.3 cm³/mol. The van der Waals surface area contributed by atoms with Crippen molar-refractivity contribution in [2.75, 3.05) is 0 Å². The second kappa shape index (κ2) is 5.61. The number of ether oxygens (including phenoxy) is 1. The maximum absolute atomic E-state index is 12.3. The summed E-state index contributed by atoms with van der Waals surface area (Å²) in [7, 11) is 0. The molecule has 1 aliphatic heterocycles. The summed E-state index contributed by atoms with van der Waals surface area (Å²) in [6.07, 6.45) is 1.57. The molecule has 0 aliphatic carbocycles. The number of allylic oxidation sites excluding steroid dienone is 1. The molecule has 24 heavy (non-hydrogen) atoms. The normalized spacial score (nSPS) is 18.9. The van der Waals surface area contributed by atoms with Crippen molar-refractivity contribution < 1.29 is 19.1 Å². The van der Waals surface area contributed by atoms with Crippen LogP contribution in [-0.2, 0) is 14.3 Å². The van der Waals surface area contributed by atoms with E-state index in [4.69, 9.17) is 4.74 Å². The number of aromatic nitrogens is 1. The number of Topliss-reactive ketones (excluding diaryl/α,β-unsaturated/α-hetero) is 1. The van der Waals surface area contributed by atoms with Crippen LogP contribution >= 0.6 is 0 Å². The quantitative estimate of drug-likeness (QED) is 0.495. The average molecular weight is 332 g/mol. The molecule has 1 aromatic heterocycles. The summed E-state index contributed by atoms with van der Waals surface area (Å²) in [5, 5.41) is 2.60. The highest BCUT2D eigenvalue weighted by Crippen LogP contribution is 2.29.